The van der Waals surface area contributed by atoms with Gasteiger partial charge in [0.2, 0.25) is 5.91 Å². The van der Waals surface area contributed by atoms with E-state index in [1.807, 2.05) is 36.5 Å². The third kappa shape index (κ3) is 4.43. The Labute approximate surface area is 190 Å². The maximum absolute atomic E-state index is 12.5. The van der Waals surface area contributed by atoms with E-state index < -0.39 is 0 Å². The molecule has 158 valence electrons. The monoisotopic (exact) mass is 460 g/mol. The zero-order chi connectivity index (χ0) is 21.1. The van der Waals surface area contributed by atoms with Crippen LogP contribution in [0, 0.1) is 6.92 Å². The molecule has 1 amide bonds. The molecule has 2 heterocycles. The number of carbonyl (C=O) groups excluding carboxylic acids is 1. The number of fused-ring (bicyclic) bond motifs is 1. The summed E-state index contributed by atoms with van der Waals surface area (Å²) in [7, 11) is 0. The molecule has 5 nitrogen and oxygen atoms in total. The molecule has 1 aromatic carbocycles. The molecule has 1 aliphatic rings. The fraction of sp³-hybridized carbons (Fsp3) is 0.409. The third-order valence-corrected chi connectivity index (χ3v) is 7.81. The predicted molar refractivity (Wildman–Crippen MR) is 126 cm³/mol. The summed E-state index contributed by atoms with van der Waals surface area (Å²) in [5.74, 6) is 1.13. The molecule has 0 bridgehead atoms. The number of aromatic nitrogens is 3. The lowest BCUT2D eigenvalue weighted by molar-refractivity contribution is -0.113. The number of hydrogen-bond donors (Lipinski definition) is 1. The molecule has 0 radical (unpaired) electrons. The Hall–Kier alpha value is -1.83. The Kier molecular flexibility index (Phi) is 6.80. The molecule has 0 saturated heterocycles. The molecular weight excluding hydrogens is 436 g/mol. The molecule has 3 aromatic rings. The molecule has 4 rings (SSSR count). The van der Waals surface area contributed by atoms with Gasteiger partial charge in [-0.15, -0.1) is 21.5 Å². The van der Waals surface area contributed by atoms with Crippen LogP contribution in [-0.2, 0) is 24.2 Å². The number of hydrogen-bond acceptors (Lipinski definition) is 5. The van der Waals surface area contributed by atoms with Crippen molar-refractivity contribution >= 4 is 46.3 Å². The van der Waals surface area contributed by atoms with Gasteiger partial charge in [-0.25, -0.2) is 0 Å². The number of carbonyl (C=O) groups is 1. The summed E-state index contributed by atoms with van der Waals surface area (Å²) >= 11 is 9.42. The van der Waals surface area contributed by atoms with Gasteiger partial charge in [0, 0.05) is 33.1 Å². The van der Waals surface area contributed by atoms with Crippen LogP contribution in [0.2, 0.25) is 5.02 Å². The predicted octanol–water partition coefficient (Wildman–Crippen LogP) is 5.99. The van der Waals surface area contributed by atoms with E-state index in [1.54, 1.807) is 0 Å². The van der Waals surface area contributed by atoms with Crippen LogP contribution in [0.15, 0.2) is 28.7 Å². The van der Waals surface area contributed by atoms with Crippen molar-refractivity contribution in [2.45, 2.75) is 57.7 Å². The Balaban J connectivity index is 1.50. The summed E-state index contributed by atoms with van der Waals surface area (Å²) in [6.07, 6.45) is 5.79. The molecule has 1 N–H and O–H groups in total. The van der Waals surface area contributed by atoms with Crippen molar-refractivity contribution in [3.05, 3.63) is 44.6 Å². The molecule has 0 aliphatic heterocycles. The number of benzene rings is 1. The minimum atomic E-state index is -0.0779. The first-order valence-electron chi connectivity index (χ1n) is 10.3. The van der Waals surface area contributed by atoms with Gasteiger partial charge in [-0.2, -0.15) is 0 Å². The van der Waals surface area contributed by atoms with Crippen molar-refractivity contribution in [1.29, 1.82) is 0 Å². The van der Waals surface area contributed by atoms with E-state index in [2.05, 4.69) is 32.4 Å². The number of aryl methyl sites for hydroxylation is 1. The minimum Gasteiger partial charge on any atom is -0.325 e. The summed E-state index contributed by atoms with van der Waals surface area (Å²) in [5, 5.41) is 15.6. The zero-order valence-corrected chi connectivity index (χ0v) is 19.6. The van der Waals surface area contributed by atoms with Crippen LogP contribution >= 0.6 is 34.7 Å². The first-order chi connectivity index (χ1) is 14.6. The van der Waals surface area contributed by atoms with Crippen LogP contribution in [-0.4, -0.2) is 26.4 Å². The highest BCUT2D eigenvalue weighted by Crippen LogP contribution is 2.37. The average molecular weight is 461 g/mol. The first-order valence-corrected chi connectivity index (χ1v) is 12.5. The number of nitrogens with one attached hydrogen (secondary N) is 1. The van der Waals surface area contributed by atoms with Crippen LogP contribution in [0.4, 0.5) is 5.69 Å². The number of nitrogens with zero attached hydrogens (tertiary/aromatic N) is 3. The van der Waals surface area contributed by atoms with Crippen molar-refractivity contribution in [1.82, 2.24) is 14.8 Å². The molecule has 8 heteroatoms. The van der Waals surface area contributed by atoms with E-state index in [1.165, 1.54) is 47.0 Å². The Bertz CT molecular complexity index is 1060. The molecule has 0 saturated carbocycles. The highest BCUT2D eigenvalue weighted by Gasteiger charge is 2.22. The SMILES string of the molecule is CCCn1c(SCC(=O)Nc2cccc(Cl)c2C)nnc1-c1csc2c1CCCC2. The van der Waals surface area contributed by atoms with Gasteiger partial charge in [-0.3, -0.25) is 4.79 Å². The third-order valence-electron chi connectivity index (χ3n) is 5.34. The number of rotatable bonds is 7. The maximum atomic E-state index is 12.5. The van der Waals surface area contributed by atoms with E-state index in [4.69, 9.17) is 11.6 Å². The molecule has 0 spiro atoms. The van der Waals surface area contributed by atoms with Gasteiger partial charge in [0.05, 0.1) is 5.75 Å². The van der Waals surface area contributed by atoms with E-state index in [0.29, 0.717) is 5.02 Å². The smallest absolute Gasteiger partial charge is 0.234 e. The van der Waals surface area contributed by atoms with Gasteiger partial charge in [0.1, 0.15) is 0 Å². The second-order valence-electron chi connectivity index (χ2n) is 7.47. The average Bonchev–Trinajstić information content (AvgIpc) is 3.34. The lowest BCUT2D eigenvalue weighted by Gasteiger charge is -2.14. The number of anilines is 1. The topological polar surface area (TPSA) is 59.8 Å². The Morgan fingerprint density at radius 3 is 2.97 bits per heavy atom. The lowest BCUT2D eigenvalue weighted by atomic mass is 9.95. The Morgan fingerprint density at radius 2 is 2.13 bits per heavy atom. The number of amides is 1. The molecule has 30 heavy (non-hydrogen) atoms. The summed E-state index contributed by atoms with van der Waals surface area (Å²) in [4.78, 5) is 14.0. The van der Waals surface area contributed by atoms with E-state index in [-0.39, 0.29) is 11.7 Å². The fourth-order valence-electron chi connectivity index (χ4n) is 3.76. The highest BCUT2D eigenvalue weighted by atomic mass is 35.5. The van der Waals surface area contributed by atoms with Crippen molar-refractivity contribution < 1.29 is 4.79 Å². The molecule has 0 atom stereocenters. The van der Waals surface area contributed by atoms with Crippen LogP contribution in [0.25, 0.3) is 11.4 Å². The molecule has 0 fully saturated rings. The van der Waals surface area contributed by atoms with E-state index >= 15 is 0 Å². The van der Waals surface area contributed by atoms with Gasteiger partial charge < -0.3 is 9.88 Å². The zero-order valence-electron chi connectivity index (χ0n) is 17.2. The second-order valence-corrected chi connectivity index (χ2v) is 9.78. The van der Waals surface area contributed by atoms with Gasteiger partial charge in [-0.05, 0) is 62.3 Å². The van der Waals surface area contributed by atoms with Crippen molar-refractivity contribution in [2.75, 3.05) is 11.1 Å². The van der Waals surface area contributed by atoms with E-state index in [9.17, 15) is 4.79 Å². The van der Waals surface area contributed by atoms with Crippen molar-refractivity contribution in [2.24, 2.45) is 0 Å². The van der Waals surface area contributed by atoms with Crippen LogP contribution in [0.5, 0.6) is 0 Å². The van der Waals surface area contributed by atoms with Crippen LogP contribution < -0.4 is 5.32 Å². The lowest BCUT2D eigenvalue weighted by Crippen LogP contribution is -2.15. The quantitative estimate of drug-likeness (QED) is 0.440. The molecule has 1 aliphatic carbocycles. The maximum Gasteiger partial charge on any atom is 0.234 e. The number of thiophene rings is 1. The van der Waals surface area contributed by atoms with E-state index in [0.717, 1.165) is 41.6 Å². The van der Waals surface area contributed by atoms with Crippen LogP contribution in [0.1, 0.15) is 42.2 Å². The number of thioether (sulfide) groups is 1. The summed E-state index contributed by atoms with van der Waals surface area (Å²) in [5.41, 5.74) is 4.29. The normalized spacial score (nSPS) is 13.3. The molecule has 2 aromatic heterocycles. The van der Waals surface area contributed by atoms with Gasteiger partial charge >= 0.3 is 0 Å². The summed E-state index contributed by atoms with van der Waals surface area (Å²) in [6, 6.07) is 5.52. The van der Waals surface area contributed by atoms with Crippen LogP contribution in [0.3, 0.4) is 0 Å². The van der Waals surface area contributed by atoms with Gasteiger partial charge in [0.25, 0.3) is 0 Å². The summed E-state index contributed by atoms with van der Waals surface area (Å²) < 4.78 is 2.17. The summed E-state index contributed by atoms with van der Waals surface area (Å²) in [6.45, 7) is 4.89. The number of halogens is 1. The van der Waals surface area contributed by atoms with Gasteiger partial charge in [0.15, 0.2) is 11.0 Å². The van der Waals surface area contributed by atoms with Crippen molar-refractivity contribution in [3.8, 4) is 11.4 Å². The Morgan fingerprint density at radius 1 is 1.30 bits per heavy atom. The molecule has 0 unspecified atom stereocenters. The molecular formula is C22H25ClN4OS2. The van der Waals surface area contributed by atoms with Crippen molar-refractivity contribution in [3.63, 3.8) is 0 Å². The minimum absolute atomic E-state index is 0.0779. The van der Waals surface area contributed by atoms with Gasteiger partial charge in [-0.1, -0.05) is 36.4 Å². The second kappa shape index (κ2) is 9.54. The fourth-order valence-corrected chi connectivity index (χ4v) is 5.82. The largest absolute Gasteiger partial charge is 0.325 e. The standard InChI is InChI=1S/C22H25ClN4OS2/c1-3-11-27-21(16-12-29-19-10-5-4-7-15(16)19)25-26-22(27)30-13-20(28)24-18-9-6-8-17(23)14(18)2/h6,8-9,12H,3-5,7,10-11,13H2,1-2H3,(H,24,28). The first kappa shape index (κ1) is 21.4. The highest BCUT2D eigenvalue weighted by molar-refractivity contribution is 7.99.